The largest absolute Gasteiger partial charge is 0.327 e. The van der Waals surface area contributed by atoms with Gasteiger partial charge in [0.15, 0.2) is 0 Å². The normalized spacial score (nSPS) is 41.7. The summed E-state index contributed by atoms with van der Waals surface area (Å²) in [7, 11) is 0. The van der Waals surface area contributed by atoms with Crippen LogP contribution >= 0.6 is 11.3 Å². The first kappa shape index (κ1) is 12.4. The lowest BCUT2D eigenvalue weighted by Crippen LogP contribution is -2.55. The van der Waals surface area contributed by atoms with E-state index in [1.165, 1.54) is 48.3 Å². The summed E-state index contributed by atoms with van der Waals surface area (Å²) in [5.74, 6) is 3.05. The monoisotopic (exact) mass is 275 g/mol. The van der Waals surface area contributed by atoms with Crippen LogP contribution in [0.15, 0.2) is 12.1 Å². The highest BCUT2D eigenvalue weighted by molar-refractivity contribution is 7.11. The zero-order valence-electron chi connectivity index (χ0n) is 11.9. The Bertz CT molecular complexity index is 440. The first-order valence-corrected chi connectivity index (χ1v) is 8.75. The van der Waals surface area contributed by atoms with Crippen LogP contribution in [0.2, 0.25) is 0 Å². The second-order valence-electron chi connectivity index (χ2n) is 7.60. The summed E-state index contributed by atoms with van der Waals surface area (Å²) in [4.78, 5) is 2.92. The zero-order valence-corrected chi connectivity index (χ0v) is 12.7. The van der Waals surface area contributed by atoms with Crippen molar-refractivity contribution in [3.05, 3.63) is 21.9 Å². The first-order valence-electron chi connectivity index (χ1n) is 7.94. The Hall–Kier alpha value is -0.340. The predicted octanol–water partition coefficient (Wildman–Crippen LogP) is 4.14. The van der Waals surface area contributed by atoms with Crippen LogP contribution in [0.25, 0.3) is 0 Å². The average molecular weight is 275 g/mol. The molecule has 0 radical (unpaired) electrons. The molecule has 4 bridgehead atoms. The molecule has 0 saturated heterocycles. The van der Waals surface area contributed by atoms with Crippen LogP contribution in [0.1, 0.15) is 48.3 Å². The van der Waals surface area contributed by atoms with Gasteiger partial charge in [-0.15, -0.1) is 11.3 Å². The molecule has 2 N–H and O–H groups in total. The minimum absolute atomic E-state index is 0.402. The van der Waals surface area contributed by atoms with Gasteiger partial charge in [-0.25, -0.2) is 0 Å². The molecule has 0 aromatic carbocycles. The van der Waals surface area contributed by atoms with Crippen molar-refractivity contribution in [1.29, 1.82) is 0 Å². The summed E-state index contributed by atoms with van der Waals surface area (Å²) >= 11 is 1.94. The summed E-state index contributed by atoms with van der Waals surface area (Å²) in [5.41, 5.74) is 7.23. The summed E-state index contributed by atoms with van der Waals surface area (Å²) in [6.45, 7) is 2.20. The van der Waals surface area contributed by atoms with Crippen LogP contribution in [0.5, 0.6) is 0 Å². The second-order valence-corrected chi connectivity index (χ2v) is 8.98. The van der Waals surface area contributed by atoms with E-state index in [-0.39, 0.29) is 0 Å². The molecule has 4 aliphatic rings. The molecule has 19 heavy (non-hydrogen) atoms. The third-order valence-corrected chi connectivity index (χ3v) is 7.11. The lowest BCUT2D eigenvalue weighted by atomic mass is 9.47. The van der Waals surface area contributed by atoms with Crippen LogP contribution in [-0.2, 0) is 6.42 Å². The second kappa shape index (κ2) is 4.33. The Morgan fingerprint density at radius 1 is 1.16 bits per heavy atom. The summed E-state index contributed by atoms with van der Waals surface area (Å²) in [6.07, 6.45) is 9.97. The van der Waals surface area contributed by atoms with Crippen LogP contribution in [0.4, 0.5) is 0 Å². The molecule has 1 aromatic rings. The molecule has 4 saturated carbocycles. The van der Waals surface area contributed by atoms with Crippen molar-refractivity contribution in [3.63, 3.8) is 0 Å². The fraction of sp³-hybridized carbons (Fsp3) is 0.765. The van der Waals surface area contributed by atoms with Crippen LogP contribution in [0, 0.1) is 30.1 Å². The third-order valence-electron chi connectivity index (χ3n) is 6.09. The minimum Gasteiger partial charge on any atom is -0.327 e. The Morgan fingerprint density at radius 2 is 1.74 bits per heavy atom. The van der Waals surface area contributed by atoms with Crippen LogP contribution < -0.4 is 5.73 Å². The SMILES string of the molecule is Cc1ccc(CC(N)C23CC4CC(CC(C4)C2)C3)s1. The highest BCUT2D eigenvalue weighted by Gasteiger charge is 2.53. The number of thiophene rings is 1. The topological polar surface area (TPSA) is 26.0 Å². The van der Waals surface area contributed by atoms with Gasteiger partial charge in [0.05, 0.1) is 0 Å². The van der Waals surface area contributed by atoms with Crippen molar-refractivity contribution in [2.75, 3.05) is 0 Å². The van der Waals surface area contributed by atoms with Gasteiger partial charge in [-0.2, -0.15) is 0 Å². The smallest absolute Gasteiger partial charge is 0.0144 e. The van der Waals surface area contributed by atoms with E-state index in [0.29, 0.717) is 11.5 Å². The highest BCUT2D eigenvalue weighted by Crippen LogP contribution is 2.61. The van der Waals surface area contributed by atoms with Crippen molar-refractivity contribution in [2.45, 2.75) is 57.9 Å². The van der Waals surface area contributed by atoms with Gasteiger partial charge in [0.25, 0.3) is 0 Å². The van der Waals surface area contributed by atoms with Crippen molar-refractivity contribution < 1.29 is 0 Å². The van der Waals surface area contributed by atoms with E-state index in [4.69, 9.17) is 5.73 Å². The summed E-state index contributed by atoms with van der Waals surface area (Å²) in [5, 5.41) is 0. The molecule has 5 rings (SSSR count). The first-order chi connectivity index (χ1) is 9.13. The summed E-state index contributed by atoms with van der Waals surface area (Å²) in [6, 6.07) is 4.94. The van der Waals surface area contributed by atoms with Gasteiger partial charge in [-0.05, 0) is 87.2 Å². The predicted molar refractivity (Wildman–Crippen MR) is 81.3 cm³/mol. The van der Waals surface area contributed by atoms with Crippen LogP contribution in [0.3, 0.4) is 0 Å². The van der Waals surface area contributed by atoms with Gasteiger partial charge in [-0.1, -0.05) is 0 Å². The molecule has 2 heteroatoms. The molecule has 4 aliphatic carbocycles. The van der Waals surface area contributed by atoms with Crippen molar-refractivity contribution >= 4 is 11.3 Å². The molecule has 1 atom stereocenters. The van der Waals surface area contributed by atoms with Gasteiger partial charge < -0.3 is 5.73 Å². The number of nitrogens with two attached hydrogens (primary N) is 1. The molecule has 0 amide bonds. The third kappa shape index (κ3) is 2.08. The van der Waals surface area contributed by atoms with E-state index >= 15 is 0 Å². The van der Waals surface area contributed by atoms with Gasteiger partial charge in [0, 0.05) is 15.8 Å². The standard InChI is InChI=1S/C17H25NS/c1-11-2-3-15(19-11)7-16(18)17-8-12-4-13(9-17)6-14(5-12)10-17/h2-3,12-14,16H,4-10,18H2,1H3. The maximum atomic E-state index is 6.72. The number of hydrogen-bond acceptors (Lipinski definition) is 2. The average Bonchev–Trinajstić information content (AvgIpc) is 2.73. The van der Waals surface area contributed by atoms with E-state index in [1.54, 1.807) is 0 Å². The maximum absolute atomic E-state index is 6.72. The van der Waals surface area contributed by atoms with Crippen LogP contribution in [-0.4, -0.2) is 6.04 Å². The van der Waals surface area contributed by atoms with Crippen molar-refractivity contribution in [1.82, 2.24) is 0 Å². The molecule has 0 spiro atoms. The lowest BCUT2D eigenvalue weighted by molar-refractivity contribution is -0.0666. The Morgan fingerprint density at radius 3 is 2.21 bits per heavy atom. The van der Waals surface area contributed by atoms with E-state index < -0.39 is 0 Å². The number of rotatable bonds is 3. The van der Waals surface area contributed by atoms with E-state index in [1.807, 2.05) is 11.3 Å². The molecule has 1 heterocycles. The van der Waals surface area contributed by atoms with Gasteiger partial charge in [0.2, 0.25) is 0 Å². The molecule has 0 aliphatic heterocycles. The van der Waals surface area contributed by atoms with Crippen molar-refractivity contribution in [2.24, 2.45) is 28.9 Å². The molecule has 4 fully saturated rings. The maximum Gasteiger partial charge on any atom is 0.0144 e. The van der Waals surface area contributed by atoms with E-state index in [2.05, 4.69) is 19.1 Å². The van der Waals surface area contributed by atoms with Gasteiger partial charge >= 0.3 is 0 Å². The lowest BCUT2D eigenvalue weighted by Gasteiger charge is -2.59. The van der Waals surface area contributed by atoms with Gasteiger partial charge in [0.1, 0.15) is 0 Å². The highest BCUT2D eigenvalue weighted by atomic mass is 32.1. The molecular weight excluding hydrogens is 250 g/mol. The fourth-order valence-electron chi connectivity index (χ4n) is 5.66. The number of aryl methyl sites for hydroxylation is 1. The molecule has 1 unspecified atom stereocenters. The van der Waals surface area contributed by atoms with E-state index in [9.17, 15) is 0 Å². The zero-order chi connectivity index (χ0) is 13.0. The summed E-state index contributed by atoms with van der Waals surface area (Å²) < 4.78 is 0. The Balaban J connectivity index is 1.54. The Kier molecular flexibility index (Phi) is 2.82. The minimum atomic E-state index is 0.402. The molecule has 1 nitrogen and oxygen atoms in total. The number of hydrogen-bond donors (Lipinski definition) is 1. The molecule has 104 valence electrons. The molecule has 1 aromatic heterocycles. The quantitative estimate of drug-likeness (QED) is 0.881. The van der Waals surface area contributed by atoms with Crippen molar-refractivity contribution in [3.8, 4) is 0 Å². The fourth-order valence-corrected chi connectivity index (χ4v) is 6.61. The van der Waals surface area contributed by atoms with E-state index in [0.717, 1.165) is 24.2 Å². The molecular formula is C17H25NS. The Labute approximate surface area is 120 Å². The van der Waals surface area contributed by atoms with Gasteiger partial charge in [-0.3, -0.25) is 0 Å².